The number of hydrogen-bond donors (Lipinski definition) is 1. The van der Waals surface area contributed by atoms with E-state index in [4.69, 9.17) is 10.00 Å². The molecule has 0 radical (unpaired) electrons. The zero-order chi connectivity index (χ0) is 12.3. The largest absolute Gasteiger partial charge is 0.506 e. The number of aromatic hydroxyl groups is 1. The molecule has 0 bridgehead atoms. The number of hydrogen-bond acceptors (Lipinski definition) is 3. The van der Waals surface area contributed by atoms with Crippen LogP contribution in [0.25, 0.3) is 0 Å². The fraction of sp³-hybridized carbons (Fsp3) is 0. The SMILES string of the molecule is N#Cc1c(O)ccc(F)c1Oc1ccccc1. The molecule has 0 aliphatic heterocycles. The number of benzene rings is 2. The number of ether oxygens (including phenoxy) is 1. The predicted octanol–water partition coefficient (Wildman–Crippen LogP) is 3.20. The monoisotopic (exact) mass is 229 g/mol. The molecular formula is C13H8FNO2. The Bertz CT molecular complexity index is 576. The van der Waals surface area contributed by atoms with Crippen molar-refractivity contribution in [3.05, 3.63) is 53.8 Å². The van der Waals surface area contributed by atoms with E-state index >= 15 is 0 Å². The second-order valence-corrected chi connectivity index (χ2v) is 3.30. The maximum Gasteiger partial charge on any atom is 0.184 e. The first-order chi connectivity index (χ1) is 8.22. The maximum absolute atomic E-state index is 13.5. The second-order valence-electron chi connectivity index (χ2n) is 3.30. The molecule has 2 rings (SSSR count). The average molecular weight is 229 g/mol. The Morgan fingerprint density at radius 3 is 2.47 bits per heavy atom. The van der Waals surface area contributed by atoms with Crippen molar-refractivity contribution in [1.82, 2.24) is 0 Å². The lowest BCUT2D eigenvalue weighted by Crippen LogP contribution is -1.92. The van der Waals surface area contributed by atoms with Crippen LogP contribution in [-0.4, -0.2) is 5.11 Å². The van der Waals surface area contributed by atoms with Gasteiger partial charge in [-0.3, -0.25) is 0 Å². The van der Waals surface area contributed by atoms with Crippen LogP contribution in [0.15, 0.2) is 42.5 Å². The average Bonchev–Trinajstić information content (AvgIpc) is 2.35. The van der Waals surface area contributed by atoms with E-state index in [0.29, 0.717) is 5.75 Å². The lowest BCUT2D eigenvalue weighted by molar-refractivity contribution is 0.425. The van der Waals surface area contributed by atoms with Crippen molar-refractivity contribution in [2.45, 2.75) is 0 Å². The Hall–Kier alpha value is -2.54. The van der Waals surface area contributed by atoms with Gasteiger partial charge in [0.2, 0.25) is 0 Å². The van der Waals surface area contributed by atoms with Gasteiger partial charge in [0.1, 0.15) is 23.1 Å². The molecule has 0 aromatic heterocycles. The normalized spacial score (nSPS) is 9.65. The molecule has 17 heavy (non-hydrogen) atoms. The minimum atomic E-state index is -0.691. The fourth-order valence-electron chi connectivity index (χ4n) is 1.36. The Morgan fingerprint density at radius 2 is 1.82 bits per heavy atom. The summed E-state index contributed by atoms with van der Waals surface area (Å²) in [4.78, 5) is 0. The molecule has 0 aliphatic carbocycles. The summed E-state index contributed by atoms with van der Waals surface area (Å²) in [5.41, 5.74) is -0.214. The van der Waals surface area contributed by atoms with Crippen LogP contribution in [0.4, 0.5) is 4.39 Å². The smallest absolute Gasteiger partial charge is 0.184 e. The Morgan fingerprint density at radius 1 is 1.12 bits per heavy atom. The molecule has 0 unspecified atom stereocenters. The van der Waals surface area contributed by atoms with Crippen LogP contribution in [0.2, 0.25) is 0 Å². The van der Waals surface area contributed by atoms with Gasteiger partial charge < -0.3 is 9.84 Å². The molecule has 3 nitrogen and oxygen atoms in total. The first-order valence-corrected chi connectivity index (χ1v) is 4.87. The van der Waals surface area contributed by atoms with Gasteiger partial charge in [0.25, 0.3) is 0 Å². The third kappa shape index (κ3) is 2.18. The van der Waals surface area contributed by atoms with Gasteiger partial charge in [-0.15, -0.1) is 0 Å². The van der Waals surface area contributed by atoms with Crippen molar-refractivity contribution in [3.8, 4) is 23.3 Å². The summed E-state index contributed by atoms with van der Waals surface area (Å²) in [6.45, 7) is 0. The van der Waals surface area contributed by atoms with Crippen LogP contribution in [0.5, 0.6) is 17.2 Å². The molecular weight excluding hydrogens is 221 g/mol. The van der Waals surface area contributed by atoms with Crippen LogP contribution in [0.1, 0.15) is 5.56 Å². The van der Waals surface area contributed by atoms with Gasteiger partial charge in [0, 0.05) is 0 Å². The molecule has 0 heterocycles. The molecule has 2 aromatic rings. The van der Waals surface area contributed by atoms with Crippen LogP contribution >= 0.6 is 0 Å². The first kappa shape index (κ1) is 11.0. The summed E-state index contributed by atoms with van der Waals surface area (Å²) in [6, 6.07) is 12.4. The van der Waals surface area contributed by atoms with Gasteiger partial charge in [0.15, 0.2) is 11.6 Å². The van der Waals surface area contributed by atoms with Crippen molar-refractivity contribution >= 4 is 0 Å². The van der Waals surface area contributed by atoms with Gasteiger partial charge >= 0.3 is 0 Å². The summed E-state index contributed by atoms with van der Waals surface area (Å²) in [5.74, 6) is -0.866. The summed E-state index contributed by atoms with van der Waals surface area (Å²) in [5, 5.41) is 18.3. The van der Waals surface area contributed by atoms with Gasteiger partial charge in [0.05, 0.1) is 0 Å². The number of halogens is 1. The lowest BCUT2D eigenvalue weighted by atomic mass is 10.2. The minimum absolute atomic E-state index is 0.214. The highest BCUT2D eigenvalue weighted by atomic mass is 19.1. The van der Waals surface area contributed by atoms with Gasteiger partial charge in [-0.25, -0.2) is 4.39 Å². The zero-order valence-electron chi connectivity index (χ0n) is 8.72. The molecule has 0 saturated heterocycles. The van der Waals surface area contributed by atoms with E-state index in [1.54, 1.807) is 36.4 Å². The number of phenols is 1. The standard InChI is InChI=1S/C13H8FNO2/c14-11-6-7-12(16)10(8-15)13(11)17-9-4-2-1-3-5-9/h1-7,16H. The number of para-hydroxylation sites is 1. The molecule has 4 heteroatoms. The molecule has 0 spiro atoms. The van der Waals surface area contributed by atoms with E-state index in [1.165, 1.54) is 0 Å². The molecule has 1 N–H and O–H groups in total. The summed E-state index contributed by atoms with van der Waals surface area (Å²) >= 11 is 0. The van der Waals surface area contributed by atoms with Crippen LogP contribution in [0, 0.1) is 17.1 Å². The molecule has 0 fully saturated rings. The molecule has 2 aromatic carbocycles. The number of nitrogens with zero attached hydrogens (tertiary/aromatic N) is 1. The van der Waals surface area contributed by atoms with Crippen molar-refractivity contribution in [3.63, 3.8) is 0 Å². The quantitative estimate of drug-likeness (QED) is 0.860. The van der Waals surface area contributed by atoms with E-state index in [-0.39, 0.29) is 17.1 Å². The predicted molar refractivity (Wildman–Crippen MR) is 59.3 cm³/mol. The zero-order valence-corrected chi connectivity index (χ0v) is 8.72. The van der Waals surface area contributed by atoms with Gasteiger partial charge in [-0.1, -0.05) is 18.2 Å². The molecule has 0 aliphatic rings. The van der Waals surface area contributed by atoms with E-state index in [2.05, 4.69) is 0 Å². The molecule has 84 valence electrons. The van der Waals surface area contributed by atoms with E-state index in [9.17, 15) is 9.50 Å². The summed E-state index contributed by atoms with van der Waals surface area (Å²) in [7, 11) is 0. The third-order valence-corrected chi connectivity index (χ3v) is 2.16. The first-order valence-electron chi connectivity index (χ1n) is 4.87. The van der Waals surface area contributed by atoms with E-state index < -0.39 is 5.82 Å². The van der Waals surface area contributed by atoms with Gasteiger partial charge in [-0.05, 0) is 24.3 Å². The van der Waals surface area contributed by atoms with Crippen molar-refractivity contribution in [1.29, 1.82) is 5.26 Å². The molecule has 0 atom stereocenters. The maximum atomic E-state index is 13.5. The number of nitriles is 1. The topological polar surface area (TPSA) is 53.2 Å². The second kappa shape index (κ2) is 4.54. The Balaban J connectivity index is 2.46. The van der Waals surface area contributed by atoms with Crippen LogP contribution < -0.4 is 4.74 Å². The number of phenolic OH excluding ortho intramolecular Hbond substituents is 1. The van der Waals surface area contributed by atoms with Gasteiger partial charge in [-0.2, -0.15) is 5.26 Å². The number of rotatable bonds is 2. The third-order valence-electron chi connectivity index (χ3n) is 2.16. The molecule has 0 amide bonds. The van der Waals surface area contributed by atoms with E-state index in [1.807, 2.05) is 0 Å². The van der Waals surface area contributed by atoms with Crippen LogP contribution in [0.3, 0.4) is 0 Å². The highest BCUT2D eigenvalue weighted by Gasteiger charge is 2.15. The Kier molecular flexibility index (Phi) is 2.93. The lowest BCUT2D eigenvalue weighted by Gasteiger charge is -2.09. The fourth-order valence-corrected chi connectivity index (χ4v) is 1.36. The molecule has 0 saturated carbocycles. The van der Waals surface area contributed by atoms with E-state index in [0.717, 1.165) is 12.1 Å². The van der Waals surface area contributed by atoms with Crippen LogP contribution in [-0.2, 0) is 0 Å². The highest BCUT2D eigenvalue weighted by Crippen LogP contribution is 2.33. The summed E-state index contributed by atoms with van der Waals surface area (Å²) < 4.78 is 18.8. The van der Waals surface area contributed by atoms with Crippen molar-refractivity contribution < 1.29 is 14.2 Å². The van der Waals surface area contributed by atoms with Crippen molar-refractivity contribution in [2.75, 3.05) is 0 Å². The highest BCUT2D eigenvalue weighted by molar-refractivity contribution is 5.54. The minimum Gasteiger partial charge on any atom is -0.506 e. The van der Waals surface area contributed by atoms with Crippen molar-refractivity contribution in [2.24, 2.45) is 0 Å². The summed E-state index contributed by atoms with van der Waals surface area (Å²) in [6.07, 6.45) is 0. The Labute approximate surface area is 97.3 Å².